The Morgan fingerprint density at radius 3 is 2.27 bits per heavy atom. The fourth-order valence-corrected chi connectivity index (χ4v) is 5.64. The minimum Gasteiger partial charge on any atom is -0.394 e. The van der Waals surface area contributed by atoms with Crippen LogP contribution in [0.25, 0.3) is 20.7 Å². The molecule has 1 unspecified atom stereocenters. The number of hydrogen-bond donors (Lipinski definition) is 5. The highest BCUT2D eigenvalue weighted by Gasteiger charge is 2.17. The number of H-pyrrole nitrogens is 2. The van der Waals surface area contributed by atoms with Gasteiger partial charge in [-0.05, 0) is 28.0 Å². The zero-order chi connectivity index (χ0) is 21.3. The second-order valence-corrected chi connectivity index (χ2v) is 10.1. The minimum atomic E-state index is -0.253. The first-order valence-electron chi connectivity index (χ1n) is 8.76. The van der Waals surface area contributed by atoms with Crippen molar-refractivity contribution in [2.45, 2.75) is 36.1 Å². The molecule has 4 heterocycles. The SMILES string of the molecule is CCCC(CO)Nc1nc(SSc2nc(N)c3sc(=O)[nH]c3n2)nc2[nH]c(=O)sc12. The van der Waals surface area contributed by atoms with Crippen LogP contribution in [-0.4, -0.2) is 47.7 Å². The average molecular weight is 485 g/mol. The summed E-state index contributed by atoms with van der Waals surface area (Å²) in [7, 11) is 2.37. The van der Waals surface area contributed by atoms with Gasteiger partial charge in [0.05, 0.1) is 12.6 Å². The molecule has 0 fully saturated rings. The van der Waals surface area contributed by atoms with Crippen LogP contribution >= 0.6 is 44.3 Å². The molecular weight excluding hydrogens is 468 g/mol. The van der Waals surface area contributed by atoms with Gasteiger partial charge in [-0.25, -0.2) is 19.9 Å². The van der Waals surface area contributed by atoms with Gasteiger partial charge in [0.15, 0.2) is 17.1 Å². The number of nitrogens with zero attached hydrogens (tertiary/aromatic N) is 4. The lowest BCUT2D eigenvalue weighted by molar-refractivity contribution is 0.268. The molecule has 0 aliphatic heterocycles. The highest BCUT2D eigenvalue weighted by atomic mass is 33.1. The fraction of sp³-hybridized carbons (Fsp3) is 0.333. The van der Waals surface area contributed by atoms with Crippen molar-refractivity contribution in [3.8, 4) is 0 Å². The van der Waals surface area contributed by atoms with Crippen LogP contribution in [-0.2, 0) is 0 Å². The zero-order valence-corrected chi connectivity index (χ0v) is 18.7. The summed E-state index contributed by atoms with van der Waals surface area (Å²) in [5.41, 5.74) is 6.71. The summed E-state index contributed by atoms with van der Waals surface area (Å²) in [5, 5.41) is 13.5. The van der Waals surface area contributed by atoms with E-state index in [0.29, 0.717) is 36.8 Å². The molecule has 4 aromatic rings. The number of nitrogens with one attached hydrogen (secondary N) is 3. The Kier molecular flexibility index (Phi) is 6.24. The van der Waals surface area contributed by atoms with Crippen molar-refractivity contribution in [3.05, 3.63) is 19.3 Å². The highest BCUT2D eigenvalue weighted by molar-refractivity contribution is 8.76. The molecule has 0 bridgehead atoms. The number of fused-ring (bicyclic) bond motifs is 2. The topological polar surface area (TPSA) is 176 Å². The Labute approximate surface area is 184 Å². The van der Waals surface area contributed by atoms with Gasteiger partial charge in [0.25, 0.3) is 0 Å². The Balaban J connectivity index is 1.62. The first kappa shape index (κ1) is 21.0. The van der Waals surface area contributed by atoms with E-state index in [9.17, 15) is 14.7 Å². The number of nitrogens with two attached hydrogens (primary N) is 1. The average Bonchev–Trinajstić information content (AvgIpc) is 3.27. The van der Waals surface area contributed by atoms with Gasteiger partial charge < -0.3 is 16.2 Å². The van der Waals surface area contributed by atoms with E-state index in [2.05, 4.69) is 35.2 Å². The lowest BCUT2D eigenvalue weighted by atomic mass is 10.2. The molecule has 0 amide bonds. The number of nitrogen functional groups attached to an aromatic ring is 1. The number of anilines is 2. The lowest BCUT2D eigenvalue weighted by Crippen LogP contribution is -2.24. The third-order valence-corrected chi connectivity index (χ3v) is 7.60. The summed E-state index contributed by atoms with van der Waals surface area (Å²) >= 11 is 1.96. The zero-order valence-electron chi connectivity index (χ0n) is 15.5. The van der Waals surface area contributed by atoms with E-state index in [0.717, 1.165) is 35.5 Å². The number of aliphatic hydroxyl groups is 1. The lowest BCUT2D eigenvalue weighted by Gasteiger charge is -2.16. The number of aliphatic hydroxyl groups excluding tert-OH is 1. The summed E-state index contributed by atoms with van der Waals surface area (Å²) in [5.74, 6) is 0.703. The number of thiazole rings is 2. The normalized spacial score (nSPS) is 12.6. The highest BCUT2D eigenvalue weighted by Crippen LogP contribution is 2.37. The second-order valence-electron chi connectivity index (χ2n) is 6.11. The van der Waals surface area contributed by atoms with Crippen molar-refractivity contribution in [3.63, 3.8) is 0 Å². The van der Waals surface area contributed by atoms with E-state index in [-0.39, 0.29) is 28.2 Å². The molecule has 0 radical (unpaired) electrons. The van der Waals surface area contributed by atoms with Crippen molar-refractivity contribution in [1.82, 2.24) is 29.9 Å². The predicted octanol–water partition coefficient (Wildman–Crippen LogP) is 2.03. The van der Waals surface area contributed by atoms with Crippen molar-refractivity contribution in [1.29, 1.82) is 0 Å². The molecule has 30 heavy (non-hydrogen) atoms. The predicted molar refractivity (Wildman–Crippen MR) is 122 cm³/mol. The van der Waals surface area contributed by atoms with Crippen molar-refractivity contribution in [2.24, 2.45) is 0 Å². The molecule has 0 aliphatic carbocycles. The molecule has 0 spiro atoms. The number of aromatic nitrogens is 6. The van der Waals surface area contributed by atoms with E-state index in [1.807, 2.05) is 6.92 Å². The first-order valence-corrected chi connectivity index (χ1v) is 12.5. The van der Waals surface area contributed by atoms with Crippen molar-refractivity contribution in [2.75, 3.05) is 17.7 Å². The summed E-state index contributed by atoms with van der Waals surface area (Å²) in [6, 6.07) is -0.184. The van der Waals surface area contributed by atoms with E-state index >= 15 is 0 Å². The maximum atomic E-state index is 11.8. The molecule has 1 atom stereocenters. The Bertz CT molecular complexity index is 1310. The summed E-state index contributed by atoms with van der Waals surface area (Å²) < 4.78 is 1.11. The molecule has 0 aliphatic rings. The van der Waals surface area contributed by atoms with Gasteiger partial charge in [0.1, 0.15) is 15.2 Å². The third kappa shape index (κ3) is 4.44. The van der Waals surface area contributed by atoms with Gasteiger partial charge in [-0.1, -0.05) is 36.0 Å². The Morgan fingerprint density at radius 1 is 1.03 bits per heavy atom. The molecule has 4 rings (SSSR count). The van der Waals surface area contributed by atoms with Gasteiger partial charge in [-0.15, -0.1) is 0 Å². The number of hydrogen-bond acceptors (Lipinski definition) is 13. The van der Waals surface area contributed by atoms with Crippen LogP contribution in [0.3, 0.4) is 0 Å². The van der Waals surface area contributed by atoms with Gasteiger partial charge >= 0.3 is 9.75 Å². The van der Waals surface area contributed by atoms with E-state index in [1.54, 1.807) is 0 Å². The van der Waals surface area contributed by atoms with Gasteiger partial charge in [-0.2, -0.15) is 0 Å². The standard InChI is InChI=1S/C15H16N8O3S4/c1-2-3-5(4-24)17-10-7-11(23-15(26)28-7)21-13(20-10)30-29-12-18-8(16)6-9(19-12)22-14(25)27-6/h5,24H,2-4H2,1H3,(H3,16,18,19,22,25)(H2,17,20,21,23,26). The van der Waals surface area contributed by atoms with Crippen LogP contribution in [0.2, 0.25) is 0 Å². The first-order chi connectivity index (χ1) is 14.5. The maximum absolute atomic E-state index is 11.8. The van der Waals surface area contributed by atoms with Crippen molar-refractivity contribution < 1.29 is 5.11 Å². The summed E-state index contributed by atoms with van der Waals surface area (Å²) in [4.78, 5) is 45.5. The monoisotopic (exact) mass is 484 g/mol. The number of aromatic amines is 2. The summed E-state index contributed by atoms with van der Waals surface area (Å²) in [6.45, 7) is 1.97. The molecule has 6 N–H and O–H groups in total. The van der Waals surface area contributed by atoms with Crippen LogP contribution in [0.15, 0.2) is 19.9 Å². The maximum Gasteiger partial charge on any atom is 0.306 e. The molecular formula is C15H16N8O3S4. The number of rotatable bonds is 8. The second kappa shape index (κ2) is 8.89. The molecule has 11 nitrogen and oxygen atoms in total. The van der Waals surface area contributed by atoms with Crippen LogP contribution in [0.1, 0.15) is 19.8 Å². The van der Waals surface area contributed by atoms with E-state index in [4.69, 9.17) is 5.73 Å². The Hall–Kier alpha value is -2.20. The molecule has 0 saturated carbocycles. The fourth-order valence-electron chi connectivity index (χ4n) is 2.67. The van der Waals surface area contributed by atoms with Crippen molar-refractivity contribution >= 4 is 76.6 Å². The van der Waals surface area contributed by atoms with Crippen LogP contribution in [0.5, 0.6) is 0 Å². The van der Waals surface area contributed by atoms with Gasteiger partial charge in [-0.3, -0.25) is 19.6 Å². The molecule has 15 heteroatoms. The Morgan fingerprint density at radius 2 is 1.63 bits per heavy atom. The van der Waals surface area contributed by atoms with Crippen LogP contribution in [0, 0.1) is 0 Å². The van der Waals surface area contributed by atoms with Gasteiger partial charge in [0.2, 0.25) is 10.3 Å². The summed E-state index contributed by atoms with van der Waals surface area (Å²) in [6.07, 6.45) is 1.64. The molecule has 0 saturated heterocycles. The van der Waals surface area contributed by atoms with E-state index < -0.39 is 0 Å². The van der Waals surface area contributed by atoms with Gasteiger partial charge in [0, 0.05) is 0 Å². The van der Waals surface area contributed by atoms with Crippen LogP contribution in [0.4, 0.5) is 11.6 Å². The third-order valence-electron chi connectivity index (χ3n) is 3.94. The molecule has 0 aromatic carbocycles. The minimum absolute atomic E-state index is 0.0537. The van der Waals surface area contributed by atoms with E-state index in [1.165, 1.54) is 21.6 Å². The smallest absolute Gasteiger partial charge is 0.306 e. The quantitative estimate of drug-likeness (QED) is 0.183. The largest absolute Gasteiger partial charge is 0.394 e. The van der Waals surface area contributed by atoms with Crippen LogP contribution < -0.4 is 20.8 Å². The molecule has 158 valence electrons. The molecule has 4 aromatic heterocycles.